The first kappa shape index (κ1) is 68.5. The molecule has 0 bridgehead atoms. The van der Waals surface area contributed by atoms with E-state index in [1.54, 1.807) is 27.8 Å². The second-order valence-corrected chi connectivity index (χ2v) is 22.3. The summed E-state index contributed by atoms with van der Waals surface area (Å²) in [5, 5.41) is 0. The van der Waals surface area contributed by atoms with Crippen LogP contribution in [0.25, 0.3) is 0 Å². The third kappa shape index (κ3) is 22.2. The van der Waals surface area contributed by atoms with E-state index in [-0.39, 0.29) is 152 Å². The van der Waals surface area contributed by atoms with E-state index in [9.17, 15) is 18.9 Å². The summed E-state index contributed by atoms with van der Waals surface area (Å²) in [7, 11) is -6.06. The average molecular weight is 1700 g/mol. The maximum absolute atomic E-state index is 12.5. The van der Waals surface area contributed by atoms with Crippen LogP contribution in [0.15, 0.2) is 0 Å². The Hall–Kier alpha value is 0.468. The Morgan fingerprint density at radius 2 is 0.857 bits per heavy atom. The van der Waals surface area contributed by atoms with Crippen molar-refractivity contribution in [2.24, 2.45) is 0 Å². The molecule has 0 saturated carbocycles. The Morgan fingerprint density at radius 1 is 0.514 bits per heavy atom. The van der Waals surface area contributed by atoms with Gasteiger partial charge in [0.05, 0.1) is 107 Å². The fourth-order valence-electron chi connectivity index (χ4n) is 8.38. The predicted molar refractivity (Wildman–Crippen MR) is 243 cm³/mol. The molecule has 6 heterocycles. The third-order valence-corrected chi connectivity index (χ3v) is 15.7. The average Bonchev–Trinajstić information content (AvgIpc) is 4.13. The summed E-state index contributed by atoms with van der Waals surface area (Å²) in [4.78, 5) is 20.4. The molecule has 0 spiro atoms. The Kier molecular flexibility index (Phi) is 32.9. The minimum absolute atomic E-state index is 0. The van der Waals surface area contributed by atoms with Crippen LogP contribution in [-0.4, -0.2) is 188 Å². The van der Waals surface area contributed by atoms with E-state index in [1.807, 2.05) is 20.8 Å². The zero-order chi connectivity index (χ0) is 48.0. The molecule has 22 nitrogen and oxygen atoms in total. The van der Waals surface area contributed by atoms with Gasteiger partial charge in [-0.25, -0.2) is 22.3 Å². The number of hydrogen-bond acceptors (Lipinski definition) is 20. The number of phosphoric acid groups is 2. The number of ether oxygens (including phenoxy) is 10. The van der Waals surface area contributed by atoms with Gasteiger partial charge in [-0.05, 0) is 27.7 Å². The van der Waals surface area contributed by atoms with Crippen molar-refractivity contribution in [3.05, 3.63) is 13.2 Å². The van der Waals surface area contributed by atoms with Crippen LogP contribution >= 0.6 is 31.6 Å². The smallest absolute Gasteiger partial charge is 0.472 e. The van der Waals surface area contributed by atoms with Gasteiger partial charge in [0.2, 0.25) is 0 Å². The van der Waals surface area contributed by atoms with Crippen molar-refractivity contribution in [3.63, 3.8) is 0 Å². The van der Waals surface area contributed by atoms with Crippen molar-refractivity contribution in [1.82, 2.24) is 0 Å². The van der Waals surface area contributed by atoms with Crippen molar-refractivity contribution in [2.45, 2.75) is 164 Å². The van der Waals surface area contributed by atoms with Crippen molar-refractivity contribution in [1.29, 1.82) is 0 Å². The van der Waals surface area contributed by atoms with Gasteiger partial charge in [-0.2, -0.15) is 0 Å². The van der Waals surface area contributed by atoms with Crippen molar-refractivity contribution in [3.8, 4) is 0 Å². The molecule has 412 valence electrons. The molecule has 10 unspecified atom stereocenters. The topological polar surface area (TPSA) is 241 Å². The van der Waals surface area contributed by atoms with Crippen molar-refractivity contribution < 1.29 is 168 Å². The summed E-state index contributed by atoms with van der Waals surface area (Å²) in [5.74, 6) is 0. The Balaban J connectivity index is 0.000000663. The molecule has 6 aliphatic rings. The van der Waals surface area contributed by atoms with Crippen molar-refractivity contribution >= 4 is 44.2 Å². The molecule has 2 N–H and O–H groups in total. The molecule has 6 saturated heterocycles. The normalized spacial score (nSPS) is 37.4. The minimum atomic E-state index is -4.49. The maximum atomic E-state index is 12.5. The fraction of sp³-hybridized carbons (Fsp3) is 0.900. The van der Waals surface area contributed by atoms with E-state index in [0.29, 0.717) is 39.1 Å². The van der Waals surface area contributed by atoms with Crippen LogP contribution in [0.5, 0.6) is 0 Å². The van der Waals surface area contributed by atoms with Gasteiger partial charge in [0.1, 0.15) is 46.5 Å². The van der Waals surface area contributed by atoms with Gasteiger partial charge < -0.3 is 75.3 Å². The number of phosphoric ester groups is 2. The molecule has 20 atom stereocenters. The van der Waals surface area contributed by atoms with Gasteiger partial charge >= 0.3 is 15.6 Å². The number of rotatable bonds is 26. The van der Waals surface area contributed by atoms with E-state index in [0.717, 1.165) is 12.8 Å². The van der Waals surface area contributed by atoms with Crippen LogP contribution in [0.2, 0.25) is 0 Å². The second kappa shape index (κ2) is 33.6. The first-order valence-electron chi connectivity index (χ1n) is 22.3. The van der Waals surface area contributed by atoms with Gasteiger partial charge in [0.15, 0.2) is 0 Å². The molecule has 0 aromatic heterocycles. The van der Waals surface area contributed by atoms with Crippen molar-refractivity contribution in [2.75, 3.05) is 68.1 Å². The molecule has 6 rings (SSSR count). The van der Waals surface area contributed by atoms with Crippen LogP contribution in [0.4, 0.5) is 0 Å². The first-order chi connectivity index (χ1) is 31.4. The van der Waals surface area contributed by atoms with E-state index < -0.39 is 68.8 Å². The summed E-state index contributed by atoms with van der Waals surface area (Å²) < 4.78 is 125. The van der Waals surface area contributed by atoms with Crippen LogP contribution in [0.1, 0.15) is 66.2 Å². The van der Waals surface area contributed by atoms with Gasteiger partial charge in [0.25, 0.3) is 0 Å². The summed E-state index contributed by atoms with van der Waals surface area (Å²) >= 11 is 0. The van der Waals surface area contributed by atoms with Crippen LogP contribution in [0.3, 0.4) is 0 Å². The largest absolute Gasteiger partial charge is 0.546 e. The monoisotopic (exact) mass is 1700 g/mol. The Bertz CT molecular complexity index is 1610. The zero-order valence-corrected chi connectivity index (χ0v) is 56.1. The summed E-state index contributed by atoms with van der Waals surface area (Å²) in [6.07, 6.45) is 7.09. The molecular formula is C40H74Bk2O22P4Y2-2. The zero-order valence-electron chi connectivity index (χ0n) is 41.1. The second-order valence-electron chi connectivity index (χ2n) is 17.0. The standard InChI is InChI=1S/C21H39O9P2.C19H35O13P2.2Bk.2Y/c1-14-9-17(23-4)20(27-14)12-25-32(6)30-18-10-15(2)28-21(18)13-26-31(5)29-16-7-8-24-19(16)11-22-3;1-12-7-15(25-4)18(29-12)10-27-34(22,23)32-16-8-13(2)30-19(16)11-28-33(20,21)31-14-5-6-26-17(14)9-24-3;;;;/h8,14-21,31-32H,5-7,9-13H2,1-4H3;6,12-19H,5,7-11H2,1-4H3,(H,20,21)(H,22,23);;;;/q2*-1;;;;/t14-,15-,16?,17?,18?,19+,20+,21+;12-,13-,14?,15?,16?,17+,18+,19+;;;;/m00..../s1. The molecule has 30 heteroatoms. The van der Waals surface area contributed by atoms with E-state index in [1.165, 1.54) is 20.8 Å². The molecule has 4 radical (unpaired) electrons. The van der Waals surface area contributed by atoms with Crippen LogP contribution in [-0.2, 0) is 158 Å². The molecule has 0 aliphatic carbocycles. The van der Waals surface area contributed by atoms with E-state index >= 15 is 0 Å². The Labute approximate surface area is 453 Å². The molecule has 0 aromatic carbocycles. The van der Waals surface area contributed by atoms with Gasteiger partial charge in [-0.15, -0.1) is 12.8 Å². The van der Waals surface area contributed by atoms with Crippen LogP contribution in [0, 0.1) is 13.2 Å². The SMILES string of the molecule is C=[PH](OC[C@H]1O[C@@H](C)CC1O[PH](=C)OC[C@H]1O[C@@H](C)CC1OC)OC1C[CH-]O[C@@H]1COC.COC[C@H]1O[CH-]CC1OP(=O)(O)OC[C@H]1O[C@@H](C)CC1OP(=O)(O)OC[C@H]1O[C@@H](C)CC1OC.[Bk].[Bk].[Y].[Y]. The molecule has 6 aliphatic heterocycles. The minimum Gasteiger partial charge on any atom is -0.546 e. The molecular weight excluding hydrogens is 1630 g/mol. The van der Waals surface area contributed by atoms with Crippen LogP contribution < -0.4 is 0 Å². The quantitative estimate of drug-likeness (QED) is 0.0884. The number of hydrogen-bond donors (Lipinski definition) is 2. The summed E-state index contributed by atoms with van der Waals surface area (Å²) in [6.45, 7) is 11.7. The molecule has 70 heavy (non-hydrogen) atoms. The molecule has 0 aromatic rings. The molecule has 0 amide bonds. The molecule has 6 fully saturated rings. The van der Waals surface area contributed by atoms with Gasteiger partial charge in [0, 0.05) is 120 Å². The van der Waals surface area contributed by atoms with E-state index in [4.69, 9.17) is 83.6 Å². The van der Waals surface area contributed by atoms with Gasteiger partial charge in [-0.3, -0.25) is 18.1 Å². The van der Waals surface area contributed by atoms with E-state index in [2.05, 4.69) is 12.6 Å². The maximum Gasteiger partial charge on any atom is 0.472 e. The number of methoxy groups -OCH3 is 4. The fourth-order valence-corrected chi connectivity index (χ4v) is 12.3. The first-order valence-corrected chi connectivity index (χ1v) is 28.3. The van der Waals surface area contributed by atoms with Gasteiger partial charge in [-0.1, -0.05) is 12.6 Å². The Morgan fingerprint density at radius 3 is 1.30 bits per heavy atom. The summed E-state index contributed by atoms with van der Waals surface area (Å²) in [6, 6.07) is 0. The third-order valence-electron chi connectivity index (χ3n) is 11.6. The summed E-state index contributed by atoms with van der Waals surface area (Å²) in [5.41, 5.74) is 0. The predicted octanol–water partition coefficient (Wildman–Crippen LogP) is 4.66.